The van der Waals surface area contributed by atoms with Crippen molar-refractivity contribution >= 4 is 5.91 Å². The fourth-order valence-corrected chi connectivity index (χ4v) is 4.23. The largest absolute Gasteiger partial charge is 0.342 e. The first kappa shape index (κ1) is 16.1. The van der Waals surface area contributed by atoms with E-state index in [1.807, 2.05) is 22.5 Å². The van der Waals surface area contributed by atoms with Crippen molar-refractivity contribution in [2.75, 3.05) is 13.1 Å². The second kappa shape index (κ2) is 5.83. The van der Waals surface area contributed by atoms with Gasteiger partial charge in [-0.05, 0) is 43.0 Å². The first-order valence-corrected chi connectivity index (χ1v) is 8.69. The maximum absolute atomic E-state index is 14.3. The van der Waals surface area contributed by atoms with E-state index in [2.05, 4.69) is 0 Å². The number of likely N-dealkylation sites (tertiary alicyclic amines) is 1. The highest BCUT2D eigenvalue weighted by Crippen LogP contribution is 2.37. The molecule has 0 saturated carbocycles. The van der Waals surface area contributed by atoms with E-state index in [0.717, 1.165) is 17.7 Å². The Morgan fingerprint density at radius 2 is 1.96 bits per heavy atom. The summed E-state index contributed by atoms with van der Waals surface area (Å²) in [5.41, 5.74) is 2.87. The zero-order valence-electron chi connectivity index (χ0n) is 14.5. The standard InChI is InChI=1S/C20H21FN2O2/c1-12-3-4-18(21)17(5-12)15-7-19-16-6-14(9-22(11-16)13(2)24)10-23(19)20(25)8-15/h3-5,7-8,14,16H,6,9-11H2,1-2H3/t14-,16+/m0/s1. The lowest BCUT2D eigenvalue weighted by Crippen LogP contribution is -2.48. The van der Waals surface area contributed by atoms with Gasteiger partial charge in [0.2, 0.25) is 5.91 Å². The number of carbonyl (C=O) groups excluding carboxylic acids is 1. The van der Waals surface area contributed by atoms with E-state index in [4.69, 9.17) is 0 Å². The molecule has 1 amide bonds. The number of aromatic nitrogens is 1. The van der Waals surface area contributed by atoms with Crippen molar-refractivity contribution in [3.05, 3.63) is 57.8 Å². The fourth-order valence-electron chi connectivity index (χ4n) is 4.23. The average Bonchev–Trinajstić information content (AvgIpc) is 2.57. The molecule has 130 valence electrons. The molecule has 4 nitrogen and oxygen atoms in total. The molecule has 5 heteroatoms. The Morgan fingerprint density at radius 3 is 2.72 bits per heavy atom. The maximum Gasteiger partial charge on any atom is 0.251 e. The smallest absolute Gasteiger partial charge is 0.251 e. The van der Waals surface area contributed by atoms with Gasteiger partial charge in [0.25, 0.3) is 5.56 Å². The highest BCUT2D eigenvalue weighted by molar-refractivity contribution is 5.73. The van der Waals surface area contributed by atoms with Crippen molar-refractivity contribution in [2.24, 2.45) is 5.92 Å². The number of hydrogen-bond acceptors (Lipinski definition) is 2. The molecule has 3 heterocycles. The Morgan fingerprint density at radius 1 is 1.16 bits per heavy atom. The number of benzene rings is 1. The number of carbonyl (C=O) groups is 1. The van der Waals surface area contributed by atoms with Crippen LogP contribution < -0.4 is 5.56 Å². The van der Waals surface area contributed by atoms with Gasteiger partial charge in [0.1, 0.15) is 5.82 Å². The molecular weight excluding hydrogens is 319 g/mol. The van der Waals surface area contributed by atoms with Gasteiger partial charge in [-0.15, -0.1) is 0 Å². The van der Waals surface area contributed by atoms with Crippen molar-refractivity contribution in [3.63, 3.8) is 0 Å². The Bertz CT molecular complexity index is 918. The van der Waals surface area contributed by atoms with Crippen molar-refractivity contribution in [1.29, 1.82) is 0 Å². The van der Waals surface area contributed by atoms with Gasteiger partial charge in [-0.25, -0.2) is 4.39 Å². The van der Waals surface area contributed by atoms with Crippen LogP contribution in [0.4, 0.5) is 4.39 Å². The third-order valence-corrected chi connectivity index (χ3v) is 5.43. The highest BCUT2D eigenvalue weighted by Gasteiger charge is 2.35. The third kappa shape index (κ3) is 2.77. The molecule has 0 radical (unpaired) electrons. The summed E-state index contributed by atoms with van der Waals surface area (Å²) in [6, 6.07) is 8.40. The molecule has 0 spiro atoms. The van der Waals surface area contributed by atoms with Crippen LogP contribution in [0.2, 0.25) is 0 Å². The zero-order valence-corrected chi connectivity index (χ0v) is 14.5. The molecule has 1 saturated heterocycles. The van der Waals surface area contributed by atoms with Gasteiger partial charge in [-0.3, -0.25) is 9.59 Å². The number of aryl methyl sites for hydroxylation is 1. The first-order valence-electron chi connectivity index (χ1n) is 8.69. The normalized spacial score (nSPS) is 21.8. The molecule has 2 bridgehead atoms. The zero-order chi connectivity index (χ0) is 17.7. The van der Waals surface area contributed by atoms with Crippen LogP contribution in [0, 0.1) is 18.7 Å². The molecule has 0 aliphatic carbocycles. The minimum Gasteiger partial charge on any atom is -0.342 e. The van der Waals surface area contributed by atoms with E-state index in [1.54, 1.807) is 19.1 Å². The number of rotatable bonds is 1. The first-order chi connectivity index (χ1) is 11.9. The van der Waals surface area contributed by atoms with Gasteiger partial charge in [-0.1, -0.05) is 11.6 Å². The van der Waals surface area contributed by atoms with Gasteiger partial charge in [0.15, 0.2) is 0 Å². The molecule has 4 rings (SSSR count). The number of fused-ring (bicyclic) bond motifs is 4. The lowest BCUT2D eigenvalue weighted by molar-refractivity contribution is -0.131. The van der Waals surface area contributed by atoms with Crippen LogP contribution in [0.3, 0.4) is 0 Å². The minimum atomic E-state index is -0.322. The number of piperidine rings is 1. The van der Waals surface area contributed by atoms with E-state index >= 15 is 0 Å². The lowest BCUT2D eigenvalue weighted by atomic mass is 9.82. The molecule has 1 fully saturated rings. The quantitative estimate of drug-likeness (QED) is 0.801. The van der Waals surface area contributed by atoms with Gasteiger partial charge in [0.05, 0.1) is 0 Å². The predicted octanol–water partition coefficient (Wildman–Crippen LogP) is 2.93. The van der Waals surface area contributed by atoms with E-state index < -0.39 is 0 Å². The summed E-state index contributed by atoms with van der Waals surface area (Å²) in [5.74, 6) is 0.204. The molecule has 2 atom stereocenters. The predicted molar refractivity (Wildman–Crippen MR) is 93.9 cm³/mol. The number of pyridine rings is 1. The van der Waals surface area contributed by atoms with Crippen LogP contribution in [0.15, 0.2) is 35.1 Å². The second-order valence-corrected chi connectivity index (χ2v) is 7.32. The van der Waals surface area contributed by atoms with Crippen molar-refractivity contribution in [3.8, 4) is 11.1 Å². The maximum atomic E-state index is 14.3. The van der Waals surface area contributed by atoms with Gasteiger partial charge >= 0.3 is 0 Å². The number of amides is 1. The highest BCUT2D eigenvalue weighted by atomic mass is 19.1. The molecule has 25 heavy (non-hydrogen) atoms. The Balaban J connectivity index is 1.82. The van der Waals surface area contributed by atoms with Gasteiger partial charge < -0.3 is 9.47 Å². The summed E-state index contributed by atoms with van der Waals surface area (Å²) < 4.78 is 16.1. The van der Waals surface area contributed by atoms with Crippen LogP contribution >= 0.6 is 0 Å². The van der Waals surface area contributed by atoms with Crippen molar-refractivity contribution in [2.45, 2.75) is 32.7 Å². The molecule has 2 aliphatic rings. The third-order valence-electron chi connectivity index (χ3n) is 5.43. The molecule has 1 aromatic carbocycles. The number of nitrogens with zero attached hydrogens (tertiary/aromatic N) is 2. The Hall–Kier alpha value is -2.43. The molecule has 2 aliphatic heterocycles. The summed E-state index contributed by atoms with van der Waals surface area (Å²) >= 11 is 0. The van der Waals surface area contributed by atoms with E-state index in [1.165, 1.54) is 12.1 Å². The lowest BCUT2D eigenvalue weighted by Gasteiger charge is -2.42. The van der Waals surface area contributed by atoms with E-state index in [9.17, 15) is 14.0 Å². The van der Waals surface area contributed by atoms with Crippen LogP contribution in [0.5, 0.6) is 0 Å². The van der Waals surface area contributed by atoms with Crippen LogP contribution in [0.25, 0.3) is 11.1 Å². The summed E-state index contributed by atoms with van der Waals surface area (Å²) in [4.78, 5) is 26.3. The SMILES string of the molecule is CC(=O)N1C[C@@H]2C[C@H](C1)c1cc(-c3cc(C)ccc3F)cc(=O)n1C2. The topological polar surface area (TPSA) is 42.3 Å². The van der Waals surface area contributed by atoms with Gasteiger partial charge in [-0.2, -0.15) is 0 Å². The molecule has 0 N–H and O–H groups in total. The average molecular weight is 340 g/mol. The minimum absolute atomic E-state index is 0.0754. The van der Waals surface area contributed by atoms with Crippen LogP contribution in [-0.2, 0) is 11.3 Å². The summed E-state index contributed by atoms with van der Waals surface area (Å²) in [5, 5.41) is 0. The van der Waals surface area contributed by atoms with Crippen molar-refractivity contribution < 1.29 is 9.18 Å². The number of hydrogen-bond donors (Lipinski definition) is 0. The monoisotopic (exact) mass is 340 g/mol. The van der Waals surface area contributed by atoms with Gasteiger partial charge in [0, 0.05) is 49.8 Å². The van der Waals surface area contributed by atoms with Crippen LogP contribution in [0.1, 0.15) is 30.5 Å². The van der Waals surface area contributed by atoms with Crippen molar-refractivity contribution in [1.82, 2.24) is 9.47 Å². The van der Waals surface area contributed by atoms with E-state index in [-0.39, 0.29) is 23.2 Å². The second-order valence-electron chi connectivity index (χ2n) is 7.32. The number of halogens is 1. The molecule has 1 aromatic heterocycles. The molecule has 0 unspecified atom stereocenters. The summed E-state index contributed by atoms with van der Waals surface area (Å²) in [7, 11) is 0. The Labute approximate surface area is 145 Å². The Kier molecular flexibility index (Phi) is 3.74. The fraction of sp³-hybridized carbons (Fsp3) is 0.400. The molecular formula is C20H21FN2O2. The van der Waals surface area contributed by atoms with E-state index in [0.29, 0.717) is 36.7 Å². The molecule has 2 aromatic rings. The summed E-state index contributed by atoms with van der Waals surface area (Å²) in [6.45, 7) is 5.47. The summed E-state index contributed by atoms with van der Waals surface area (Å²) in [6.07, 6.45) is 0.975. The van der Waals surface area contributed by atoms with Crippen LogP contribution in [-0.4, -0.2) is 28.5 Å².